The van der Waals surface area contributed by atoms with Gasteiger partial charge in [0.15, 0.2) is 0 Å². The van der Waals surface area contributed by atoms with Crippen LogP contribution in [0.4, 0.5) is 0 Å². The molecule has 2 saturated carbocycles. The Kier molecular flexibility index (Phi) is 8.53. The number of benzene rings is 2. The number of rotatable bonds is 10. The molecule has 3 aromatic rings. The average Bonchev–Trinajstić information content (AvgIpc) is 3.49. The van der Waals surface area contributed by atoms with E-state index in [0.717, 1.165) is 34.8 Å². The fourth-order valence-corrected chi connectivity index (χ4v) is 6.56. The number of fused-ring (bicyclic) bond motifs is 5. The molecule has 2 bridgehead atoms. The van der Waals surface area contributed by atoms with Gasteiger partial charge in [-0.2, -0.15) is 4.21 Å². The van der Waals surface area contributed by atoms with E-state index in [9.17, 15) is 14.1 Å². The largest absolute Gasteiger partial charge is 1.00 e. The summed E-state index contributed by atoms with van der Waals surface area (Å²) in [6.45, 7) is 0. The maximum absolute atomic E-state index is 12.9. The normalized spacial score (nSPS) is 24.6. The first-order valence-electron chi connectivity index (χ1n) is 11.7. The molecule has 1 N–H and O–H groups in total. The predicted octanol–water partition coefficient (Wildman–Crippen LogP) is 1.42. The molecule has 0 saturated heterocycles. The molecule has 0 amide bonds. The van der Waals surface area contributed by atoms with Gasteiger partial charge in [0.1, 0.15) is 16.9 Å². The minimum absolute atomic E-state index is 0. The molecular formula is C26H28NNaO5S. The zero-order valence-electron chi connectivity index (χ0n) is 19.4. The minimum atomic E-state index is -1.64. The Labute approximate surface area is 224 Å². The van der Waals surface area contributed by atoms with Crippen LogP contribution in [0.15, 0.2) is 59.0 Å². The number of unbranched alkanes of at least 4 members (excludes halogenated alkanes) is 1. The van der Waals surface area contributed by atoms with Crippen LogP contribution in [0.3, 0.4) is 0 Å². The first-order valence-corrected chi connectivity index (χ1v) is 12.8. The van der Waals surface area contributed by atoms with Crippen molar-refractivity contribution >= 4 is 39.2 Å². The molecule has 6 nitrogen and oxygen atoms in total. The molecule has 0 radical (unpaired) electrons. The summed E-state index contributed by atoms with van der Waals surface area (Å²) >= 11 is -1.64. The zero-order valence-corrected chi connectivity index (χ0v) is 22.2. The maximum Gasteiger partial charge on any atom is 1.00 e. The van der Waals surface area contributed by atoms with Crippen LogP contribution in [0, 0.1) is 17.8 Å². The molecule has 1 heterocycles. The number of nitrogens with one attached hydrogen (secondary N) is 1. The van der Waals surface area contributed by atoms with Crippen LogP contribution in [-0.2, 0) is 16.1 Å². The molecule has 2 unspecified atom stereocenters. The number of hydrogen-bond donors (Lipinski definition) is 1. The summed E-state index contributed by atoms with van der Waals surface area (Å²) in [5, 5.41) is 12.5. The van der Waals surface area contributed by atoms with Gasteiger partial charge in [0.05, 0.1) is 0 Å². The van der Waals surface area contributed by atoms with Crippen LogP contribution in [0.1, 0.15) is 44.9 Å². The van der Waals surface area contributed by atoms with Crippen LogP contribution >= 0.6 is 0 Å². The minimum Gasteiger partial charge on any atom is -0.550 e. The standard InChI is InChI=1S/C26H29NO5S.Na/c28-25(29)10-4-2-1-3-7-20-17-11-12-18(15-17)26(20)27-33(30)32-19-13-14-24-22(16-19)21-8-5-6-9-23(21)31-24;/h1,3,5-6,8-9,13-14,16-18,20,26-27H,2,4,7,10-12,15H2,(H,28,29);/q;+1/p-1/b3-1-;/t17-,18+,20+,26?,33?;/m0./s1. The first-order chi connectivity index (χ1) is 16.1. The molecule has 5 atom stereocenters. The van der Waals surface area contributed by atoms with Gasteiger partial charge >= 0.3 is 29.6 Å². The Morgan fingerprint density at radius 3 is 2.76 bits per heavy atom. The summed E-state index contributed by atoms with van der Waals surface area (Å²) in [5.74, 6) is 1.15. The second kappa shape index (κ2) is 11.4. The van der Waals surface area contributed by atoms with Gasteiger partial charge in [0.2, 0.25) is 0 Å². The average molecular weight is 490 g/mol. The number of allylic oxidation sites excluding steroid dienone is 2. The SMILES string of the molecule is O=C([O-])CCC/C=C\C[C@H]1C(NS(=O)Oc2ccc3oc4ccccc4c3c2)[C@@H]2CC[C@H]1C2.[Na+]. The number of furan rings is 1. The van der Waals surface area contributed by atoms with Gasteiger partial charge in [-0.3, -0.25) is 0 Å². The van der Waals surface area contributed by atoms with E-state index in [4.69, 9.17) is 8.60 Å². The van der Waals surface area contributed by atoms with Gasteiger partial charge in [-0.25, -0.2) is 4.72 Å². The molecule has 0 aliphatic heterocycles. The number of hydrogen-bond acceptors (Lipinski definition) is 5. The Balaban J connectivity index is 0.00000274. The Morgan fingerprint density at radius 2 is 1.91 bits per heavy atom. The van der Waals surface area contributed by atoms with Crippen LogP contribution < -0.4 is 43.6 Å². The number of aliphatic carboxylic acids is 1. The third-order valence-corrected chi connectivity index (χ3v) is 7.98. The van der Waals surface area contributed by atoms with E-state index in [0.29, 0.717) is 29.9 Å². The third kappa shape index (κ3) is 5.60. The van der Waals surface area contributed by atoms with Crippen molar-refractivity contribution in [2.45, 2.75) is 51.0 Å². The summed E-state index contributed by atoms with van der Waals surface area (Å²) in [6, 6.07) is 13.5. The number of carboxylic acids is 1. The van der Waals surface area contributed by atoms with Crippen molar-refractivity contribution in [3.05, 3.63) is 54.6 Å². The van der Waals surface area contributed by atoms with Crippen LogP contribution in [-0.4, -0.2) is 16.2 Å². The van der Waals surface area contributed by atoms with Crippen molar-refractivity contribution in [2.75, 3.05) is 0 Å². The zero-order chi connectivity index (χ0) is 22.8. The molecule has 2 aliphatic carbocycles. The van der Waals surface area contributed by atoms with Crippen molar-refractivity contribution < 1.29 is 52.3 Å². The van der Waals surface area contributed by atoms with E-state index in [2.05, 4.69) is 16.9 Å². The molecule has 1 aromatic heterocycles. The molecule has 174 valence electrons. The fourth-order valence-electron chi connectivity index (χ4n) is 5.65. The molecule has 2 aliphatic rings. The van der Waals surface area contributed by atoms with E-state index in [1.807, 2.05) is 36.4 Å². The fraction of sp³-hybridized carbons (Fsp3) is 0.423. The van der Waals surface area contributed by atoms with E-state index >= 15 is 0 Å². The Hall–Kier alpha value is -1.64. The number of carbonyl (C=O) groups excluding carboxylic acids is 1. The van der Waals surface area contributed by atoms with E-state index < -0.39 is 17.2 Å². The smallest absolute Gasteiger partial charge is 0.550 e. The molecule has 34 heavy (non-hydrogen) atoms. The summed E-state index contributed by atoms with van der Waals surface area (Å²) < 4.78 is 27.8. The second-order valence-electron chi connectivity index (χ2n) is 9.19. The van der Waals surface area contributed by atoms with Gasteiger partial charge in [-0.15, -0.1) is 0 Å². The number of para-hydroxylation sites is 1. The van der Waals surface area contributed by atoms with Gasteiger partial charge in [0.25, 0.3) is 11.3 Å². The molecule has 5 rings (SSSR count). The number of carboxylic acid groups (broad SMARTS) is 1. The topological polar surface area (TPSA) is 91.6 Å². The first kappa shape index (κ1) is 25.5. The van der Waals surface area contributed by atoms with Gasteiger partial charge < -0.3 is 18.5 Å². The van der Waals surface area contributed by atoms with Crippen LogP contribution in [0.2, 0.25) is 0 Å². The monoisotopic (exact) mass is 489 g/mol. The predicted molar refractivity (Wildman–Crippen MR) is 126 cm³/mol. The second-order valence-corrected chi connectivity index (χ2v) is 10.1. The van der Waals surface area contributed by atoms with Crippen molar-refractivity contribution in [1.29, 1.82) is 0 Å². The van der Waals surface area contributed by atoms with E-state index in [1.54, 1.807) is 6.07 Å². The van der Waals surface area contributed by atoms with Gasteiger partial charge in [-0.05, 0) is 87.0 Å². The van der Waals surface area contributed by atoms with Crippen molar-refractivity contribution in [3.8, 4) is 5.75 Å². The van der Waals surface area contributed by atoms with E-state index in [-0.39, 0.29) is 42.0 Å². The summed E-state index contributed by atoms with van der Waals surface area (Å²) in [6.07, 6.45) is 10.1. The van der Waals surface area contributed by atoms with Crippen LogP contribution in [0.5, 0.6) is 5.75 Å². The van der Waals surface area contributed by atoms with Crippen molar-refractivity contribution in [3.63, 3.8) is 0 Å². The summed E-state index contributed by atoms with van der Waals surface area (Å²) in [4.78, 5) is 10.5. The Morgan fingerprint density at radius 1 is 1.12 bits per heavy atom. The van der Waals surface area contributed by atoms with Gasteiger partial charge in [0, 0.05) is 22.8 Å². The summed E-state index contributed by atoms with van der Waals surface area (Å²) in [7, 11) is 0. The molecule has 8 heteroatoms. The molecule has 2 aromatic carbocycles. The summed E-state index contributed by atoms with van der Waals surface area (Å²) in [5.41, 5.74) is 1.60. The quantitative estimate of drug-likeness (QED) is 0.264. The third-order valence-electron chi connectivity index (χ3n) is 7.17. The van der Waals surface area contributed by atoms with Crippen molar-refractivity contribution in [2.24, 2.45) is 17.8 Å². The molecule has 0 spiro atoms. The van der Waals surface area contributed by atoms with E-state index in [1.165, 1.54) is 19.3 Å². The Bertz CT molecular complexity index is 1210. The van der Waals surface area contributed by atoms with Crippen LogP contribution in [0.25, 0.3) is 21.9 Å². The number of carbonyl (C=O) groups is 1. The molecular weight excluding hydrogens is 461 g/mol. The maximum atomic E-state index is 12.9. The van der Waals surface area contributed by atoms with Crippen molar-refractivity contribution in [1.82, 2.24) is 4.72 Å². The molecule has 2 fully saturated rings. The van der Waals surface area contributed by atoms with Gasteiger partial charge in [-0.1, -0.05) is 30.4 Å².